The fourth-order valence-electron chi connectivity index (χ4n) is 2.13. The van der Waals surface area contributed by atoms with Crippen LogP contribution in [0.25, 0.3) is 0 Å². The molecule has 0 aromatic carbocycles. The number of aryl methyl sites for hydroxylation is 2. The summed E-state index contributed by atoms with van der Waals surface area (Å²) in [6.07, 6.45) is 4.22. The minimum absolute atomic E-state index is 0.0731. The van der Waals surface area contributed by atoms with Crippen molar-refractivity contribution in [2.75, 3.05) is 6.61 Å². The van der Waals surface area contributed by atoms with Crippen LogP contribution in [0.15, 0.2) is 6.07 Å². The molecule has 2 nitrogen and oxygen atoms in total. The van der Waals surface area contributed by atoms with Crippen LogP contribution in [0.4, 0.5) is 0 Å². The van der Waals surface area contributed by atoms with E-state index in [1.807, 2.05) is 0 Å². The first-order valence-corrected chi connectivity index (χ1v) is 6.03. The maximum Gasteiger partial charge on any atom is 0.0740 e. The van der Waals surface area contributed by atoms with Crippen molar-refractivity contribution in [2.45, 2.75) is 38.1 Å². The Morgan fingerprint density at radius 3 is 3.07 bits per heavy atom. The molecule has 14 heavy (non-hydrogen) atoms. The van der Waals surface area contributed by atoms with Gasteiger partial charge in [-0.3, -0.25) is 0 Å². The Labute approximate surface area is 88.8 Å². The second-order valence-electron chi connectivity index (χ2n) is 4.09. The Morgan fingerprint density at radius 2 is 2.43 bits per heavy atom. The van der Waals surface area contributed by atoms with E-state index in [0.717, 1.165) is 25.7 Å². The summed E-state index contributed by atoms with van der Waals surface area (Å²) in [5.74, 6) is 0. The molecular weight excluding hydrogens is 194 g/mol. The molecule has 0 radical (unpaired) electrons. The van der Waals surface area contributed by atoms with Crippen molar-refractivity contribution in [1.82, 2.24) is 0 Å². The van der Waals surface area contributed by atoms with Gasteiger partial charge in [-0.25, -0.2) is 0 Å². The minimum atomic E-state index is -0.453. The van der Waals surface area contributed by atoms with Gasteiger partial charge in [0, 0.05) is 9.75 Å². The third-order valence-corrected chi connectivity index (χ3v) is 4.55. The second kappa shape index (κ2) is 3.65. The summed E-state index contributed by atoms with van der Waals surface area (Å²) in [5.41, 5.74) is 7.12. The smallest absolute Gasteiger partial charge is 0.0740 e. The van der Waals surface area contributed by atoms with Crippen molar-refractivity contribution in [3.63, 3.8) is 0 Å². The fourth-order valence-corrected chi connectivity index (χ4v) is 3.40. The monoisotopic (exact) mass is 211 g/mol. The molecule has 1 unspecified atom stereocenters. The first kappa shape index (κ1) is 10.1. The summed E-state index contributed by atoms with van der Waals surface area (Å²) < 4.78 is 0. The zero-order valence-electron chi connectivity index (χ0n) is 8.55. The number of thiophene rings is 1. The predicted molar refractivity (Wildman–Crippen MR) is 59.6 cm³/mol. The molecule has 2 rings (SSSR count). The molecule has 0 saturated heterocycles. The molecule has 0 fully saturated rings. The van der Waals surface area contributed by atoms with Crippen LogP contribution in [0, 0.1) is 0 Å². The van der Waals surface area contributed by atoms with Crippen molar-refractivity contribution in [3.8, 4) is 0 Å². The van der Waals surface area contributed by atoms with Gasteiger partial charge in [-0.05, 0) is 37.3 Å². The van der Waals surface area contributed by atoms with Gasteiger partial charge in [0.15, 0.2) is 0 Å². The maximum atomic E-state index is 9.36. The Balaban J connectivity index is 2.43. The number of aliphatic hydroxyl groups excluding tert-OH is 1. The SMILES string of the molecule is CCc1cc2c(s1)C(N)(CO)CCC2. The molecule has 0 amide bonds. The predicted octanol–water partition coefficient (Wildman–Crippen LogP) is 1.79. The Morgan fingerprint density at radius 1 is 1.64 bits per heavy atom. The minimum Gasteiger partial charge on any atom is -0.394 e. The molecule has 3 N–H and O–H groups in total. The number of fused-ring (bicyclic) bond motifs is 1. The van der Waals surface area contributed by atoms with Gasteiger partial charge >= 0.3 is 0 Å². The molecule has 0 aliphatic heterocycles. The normalized spacial score (nSPS) is 26.2. The van der Waals surface area contributed by atoms with Crippen molar-refractivity contribution in [2.24, 2.45) is 5.73 Å². The molecular formula is C11H17NOS. The van der Waals surface area contributed by atoms with Crippen LogP contribution in [-0.2, 0) is 18.4 Å². The quantitative estimate of drug-likeness (QED) is 0.783. The lowest BCUT2D eigenvalue weighted by molar-refractivity contribution is 0.182. The van der Waals surface area contributed by atoms with Crippen molar-refractivity contribution >= 4 is 11.3 Å². The van der Waals surface area contributed by atoms with Crippen LogP contribution in [0.3, 0.4) is 0 Å². The molecule has 1 aliphatic carbocycles. The summed E-state index contributed by atoms with van der Waals surface area (Å²) in [5, 5.41) is 9.36. The van der Waals surface area contributed by atoms with Gasteiger partial charge in [0.2, 0.25) is 0 Å². The molecule has 1 aromatic heterocycles. The summed E-state index contributed by atoms with van der Waals surface area (Å²) in [6.45, 7) is 2.23. The van der Waals surface area contributed by atoms with Gasteiger partial charge in [0.1, 0.15) is 0 Å². The van der Waals surface area contributed by atoms with E-state index in [1.54, 1.807) is 11.3 Å². The molecule has 78 valence electrons. The number of hydrogen-bond acceptors (Lipinski definition) is 3. The zero-order chi connectivity index (χ0) is 10.2. The van der Waals surface area contributed by atoms with Crippen LogP contribution in [0.1, 0.15) is 35.1 Å². The van der Waals surface area contributed by atoms with E-state index in [-0.39, 0.29) is 6.61 Å². The third kappa shape index (κ3) is 1.49. The van der Waals surface area contributed by atoms with Crippen LogP contribution < -0.4 is 5.73 Å². The highest BCUT2D eigenvalue weighted by atomic mass is 32.1. The van der Waals surface area contributed by atoms with Crippen LogP contribution in [0.5, 0.6) is 0 Å². The lowest BCUT2D eigenvalue weighted by atomic mass is 9.84. The Kier molecular flexibility index (Phi) is 2.64. The standard InChI is InChI=1S/C11H17NOS/c1-2-9-6-8-4-3-5-11(12,7-13)10(8)14-9/h6,13H,2-5,7,12H2,1H3. The molecule has 0 bridgehead atoms. The largest absolute Gasteiger partial charge is 0.394 e. The summed E-state index contributed by atoms with van der Waals surface area (Å²) >= 11 is 1.78. The van der Waals surface area contributed by atoms with Gasteiger partial charge in [0.05, 0.1) is 12.1 Å². The van der Waals surface area contributed by atoms with Crippen molar-refractivity contribution in [3.05, 3.63) is 21.4 Å². The first-order valence-electron chi connectivity index (χ1n) is 5.21. The van der Waals surface area contributed by atoms with Crippen LogP contribution >= 0.6 is 11.3 Å². The number of aliphatic hydroxyl groups is 1. The van der Waals surface area contributed by atoms with Crippen molar-refractivity contribution < 1.29 is 5.11 Å². The van der Waals surface area contributed by atoms with E-state index in [0.29, 0.717) is 0 Å². The highest BCUT2D eigenvalue weighted by Crippen LogP contribution is 2.38. The molecule has 1 aliphatic rings. The van der Waals surface area contributed by atoms with Crippen LogP contribution in [-0.4, -0.2) is 11.7 Å². The van der Waals surface area contributed by atoms with E-state index in [2.05, 4.69) is 13.0 Å². The summed E-state index contributed by atoms with van der Waals surface area (Å²) in [6, 6.07) is 2.26. The van der Waals surface area contributed by atoms with E-state index in [1.165, 1.54) is 15.3 Å². The topological polar surface area (TPSA) is 46.2 Å². The van der Waals surface area contributed by atoms with Gasteiger partial charge in [-0.15, -0.1) is 11.3 Å². The van der Waals surface area contributed by atoms with Crippen LogP contribution in [0.2, 0.25) is 0 Å². The first-order chi connectivity index (χ1) is 6.69. The van der Waals surface area contributed by atoms with E-state index in [9.17, 15) is 5.11 Å². The van der Waals surface area contributed by atoms with E-state index in [4.69, 9.17) is 5.73 Å². The number of nitrogens with two attached hydrogens (primary N) is 1. The summed E-state index contributed by atoms with van der Waals surface area (Å²) in [7, 11) is 0. The fraction of sp³-hybridized carbons (Fsp3) is 0.636. The lowest BCUT2D eigenvalue weighted by Crippen LogP contribution is -2.42. The Hall–Kier alpha value is -0.380. The average Bonchev–Trinajstić information content (AvgIpc) is 2.62. The third-order valence-electron chi connectivity index (χ3n) is 3.01. The molecule has 1 atom stereocenters. The van der Waals surface area contributed by atoms with E-state index >= 15 is 0 Å². The molecule has 1 aromatic rings. The summed E-state index contributed by atoms with van der Waals surface area (Å²) in [4.78, 5) is 2.61. The highest BCUT2D eigenvalue weighted by molar-refractivity contribution is 7.12. The molecule has 3 heteroatoms. The zero-order valence-corrected chi connectivity index (χ0v) is 9.36. The average molecular weight is 211 g/mol. The van der Waals surface area contributed by atoms with Gasteiger partial charge < -0.3 is 10.8 Å². The molecule has 0 saturated carbocycles. The van der Waals surface area contributed by atoms with Crippen molar-refractivity contribution in [1.29, 1.82) is 0 Å². The second-order valence-corrected chi connectivity index (χ2v) is 5.23. The van der Waals surface area contributed by atoms with Gasteiger partial charge in [0.25, 0.3) is 0 Å². The van der Waals surface area contributed by atoms with Gasteiger partial charge in [-0.1, -0.05) is 6.92 Å². The molecule has 1 heterocycles. The molecule has 0 spiro atoms. The lowest BCUT2D eigenvalue weighted by Gasteiger charge is -2.31. The van der Waals surface area contributed by atoms with E-state index < -0.39 is 5.54 Å². The number of hydrogen-bond donors (Lipinski definition) is 2. The maximum absolute atomic E-state index is 9.36. The Bertz CT molecular complexity index is 334. The van der Waals surface area contributed by atoms with Gasteiger partial charge in [-0.2, -0.15) is 0 Å². The highest BCUT2D eigenvalue weighted by Gasteiger charge is 2.33. The number of rotatable bonds is 2.